The van der Waals surface area contributed by atoms with E-state index in [4.69, 9.17) is 11.6 Å². The topological polar surface area (TPSA) is 54.5 Å². The van der Waals surface area contributed by atoms with Crippen LogP contribution in [0.3, 0.4) is 0 Å². The number of amides is 2. The van der Waals surface area contributed by atoms with Crippen molar-refractivity contribution in [2.75, 3.05) is 0 Å². The molecule has 0 saturated heterocycles. The Kier molecular flexibility index (Phi) is 3.34. The number of hydrogen-bond donors (Lipinski definition) is 0. The molecule has 1 fully saturated rings. The molecule has 1 aromatic carbocycles. The Bertz CT molecular complexity index is 556. The van der Waals surface area contributed by atoms with Gasteiger partial charge in [-0.05, 0) is 49.4 Å². The summed E-state index contributed by atoms with van der Waals surface area (Å²) in [6.45, 7) is 0. The quantitative estimate of drug-likeness (QED) is 0.622. The first-order valence-electron chi connectivity index (χ1n) is 6.76. The second kappa shape index (κ2) is 5.02. The van der Waals surface area contributed by atoms with Gasteiger partial charge in [0.15, 0.2) is 0 Å². The van der Waals surface area contributed by atoms with Crippen LogP contribution in [-0.2, 0) is 4.79 Å². The molecule has 0 radical (unpaired) electrons. The van der Waals surface area contributed by atoms with E-state index < -0.39 is 0 Å². The van der Waals surface area contributed by atoms with E-state index in [-0.39, 0.29) is 29.0 Å². The molecule has 104 valence electrons. The molecule has 0 atom stereocenters. The first kappa shape index (κ1) is 13.3. The highest BCUT2D eigenvalue weighted by Crippen LogP contribution is 2.33. The predicted molar refractivity (Wildman–Crippen MR) is 73.5 cm³/mol. The van der Waals surface area contributed by atoms with Crippen molar-refractivity contribution in [2.45, 2.75) is 31.7 Å². The zero-order valence-corrected chi connectivity index (χ0v) is 11.6. The monoisotopic (exact) mass is 291 g/mol. The fourth-order valence-corrected chi connectivity index (χ4v) is 3.32. The lowest BCUT2D eigenvalue weighted by Crippen LogP contribution is -2.42. The summed E-state index contributed by atoms with van der Waals surface area (Å²) in [7, 11) is 0. The lowest BCUT2D eigenvalue weighted by molar-refractivity contribution is -0.116. The van der Waals surface area contributed by atoms with Gasteiger partial charge in [0, 0.05) is 12.0 Å². The molecule has 0 aromatic heterocycles. The molecule has 0 unspecified atom stereocenters. The molecule has 3 rings (SSSR count). The Balaban J connectivity index is 1.79. The summed E-state index contributed by atoms with van der Waals surface area (Å²) in [5.74, 6) is -0.569. The number of benzene rings is 1. The van der Waals surface area contributed by atoms with Gasteiger partial charge in [-0.1, -0.05) is 12.1 Å². The van der Waals surface area contributed by atoms with E-state index in [0.29, 0.717) is 36.8 Å². The number of fused-ring (bicyclic) bond motifs is 1. The van der Waals surface area contributed by atoms with Gasteiger partial charge >= 0.3 is 0 Å². The van der Waals surface area contributed by atoms with Gasteiger partial charge in [0.1, 0.15) is 0 Å². The molecule has 0 bridgehead atoms. The molecule has 1 aromatic rings. The third kappa shape index (κ3) is 2.04. The van der Waals surface area contributed by atoms with Crippen molar-refractivity contribution in [1.29, 1.82) is 0 Å². The summed E-state index contributed by atoms with van der Waals surface area (Å²) in [6, 6.07) is 6.77. The fourth-order valence-electron chi connectivity index (χ4n) is 3.10. The third-order valence-corrected chi connectivity index (χ3v) is 4.52. The van der Waals surface area contributed by atoms with Crippen LogP contribution in [-0.4, -0.2) is 28.0 Å². The van der Waals surface area contributed by atoms with Crippen LogP contribution in [0.25, 0.3) is 0 Å². The van der Waals surface area contributed by atoms with Gasteiger partial charge in [0.05, 0.1) is 11.1 Å². The van der Waals surface area contributed by atoms with Crippen LogP contribution in [0.15, 0.2) is 24.3 Å². The van der Waals surface area contributed by atoms with Crippen molar-refractivity contribution < 1.29 is 14.4 Å². The lowest BCUT2D eigenvalue weighted by atomic mass is 9.86. The summed E-state index contributed by atoms with van der Waals surface area (Å²) >= 11 is 5.51. The average molecular weight is 292 g/mol. The maximum Gasteiger partial charge on any atom is 0.261 e. The highest BCUT2D eigenvalue weighted by Gasteiger charge is 2.41. The van der Waals surface area contributed by atoms with Crippen molar-refractivity contribution in [3.63, 3.8) is 0 Å². The molecule has 0 N–H and O–H groups in total. The van der Waals surface area contributed by atoms with Gasteiger partial charge in [0.2, 0.25) is 5.24 Å². The Labute approximate surface area is 121 Å². The van der Waals surface area contributed by atoms with E-state index in [1.807, 2.05) is 0 Å². The molecule has 2 aliphatic rings. The Morgan fingerprint density at radius 2 is 1.50 bits per heavy atom. The molecular formula is C15H14ClNO3. The van der Waals surface area contributed by atoms with Crippen molar-refractivity contribution in [3.8, 4) is 0 Å². The predicted octanol–water partition coefficient (Wildman–Crippen LogP) is 2.61. The molecular weight excluding hydrogens is 278 g/mol. The minimum atomic E-state index is -0.314. The number of imide groups is 1. The lowest BCUT2D eigenvalue weighted by Gasteiger charge is -2.32. The molecule has 0 spiro atoms. The summed E-state index contributed by atoms with van der Waals surface area (Å²) in [6.07, 6.45) is 2.57. The second-order valence-electron chi connectivity index (χ2n) is 5.34. The van der Waals surface area contributed by atoms with E-state index in [0.717, 1.165) is 0 Å². The van der Waals surface area contributed by atoms with Crippen LogP contribution in [0.5, 0.6) is 0 Å². The van der Waals surface area contributed by atoms with E-state index in [9.17, 15) is 14.4 Å². The SMILES string of the molecule is O=C(Cl)C1CCC(N2C(=O)c3ccccc3C2=O)CC1. The normalized spacial score (nSPS) is 25.8. The number of halogens is 1. The summed E-state index contributed by atoms with van der Waals surface area (Å²) in [5.41, 5.74) is 0.959. The number of carbonyl (C=O) groups excluding carboxylic acids is 3. The van der Waals surface area contributed by atoms with Crippen molar-refractivity contribution in [1.82, 2.24) is 4.90 Å². The molecule has 4 nitrogen and oxygen atoms in total. The van der Waals surface area contributed by atoms with Gasteiger partial charge < -0.3 is 0 Å². The van der Waals surface area contributed by atoms with Crippen LogP contribution >= 0.6 is 11.6 Å². The largest absolute Gasteiger partial charge is 0.281 e. The van der Waals surface area contributed by atoms with E-state index in [2.05, 4.69) is 0 Å². The zero-order chi connectivity index (χ0) is 14.3. The van der Waals surface area contributed by atoms with Crippen LogP contribution in [0.4, 0.5) is 0 Å². The van der Waals surface area contributed by atoms with Crippen LogP contribution < -0.4 is 0 Å². The summed E-state index contributed by atoms with van der Waals surface area (Å²) in [5, 5.41) is -0.314. The molecule has 1 heterocycles. The van der Waals surface area contributed by atoms with Crippen molar-refractivity contribution >= 4 is 28.7 Å². The molecule has 20 heavy (non-hydrogen) atoms. The van der Waals surface area contributed by atoms with Gasteiger partial charge in [-0.3, -0.25) is 19.3 Å². The van der Waals surface area contributed by atoms with Crippen LogP contribution in [0.2, 0.25) is 0 Å². The van der Waals surface area contributed by atoms with Gasteiger partial charge in [-0.15, -0.1) is 0 Å². The highest BCUT2D eigenvalue weighted by atomic mass is 35.5. The first-order valence-corrected chi connectivity index (χ1v) is 7.13. The summed E-state index contributed by atoms with van der Waals surface area (Å²) in [4.78, 5) is 37.2. The van der Waals surface area contributed by atoms with Gasteiger partial charge in [-0.2, -0.15) is 0 Å². The van der Waals surface area contributed by atoms with Crippen molar-refractivity contribution in [2.24, 2.45) is 5.92 Å². The number of rotatable bonds is 2. The van der Waals surface area contributed by atoms with Gasteiger partial charge in [0.25, 0.3) is 11.8 Å². The smallest absolute Gasteiger partial charge is 0.261 e. The van der Waals surface area contributed by atoms with Crippen LogP contribution in [0, 0.1) is 5.92 Å². The zero-order valence-electron chi connectivity index (χ0n) is 10.8. The Morgan fingerprint density at radius 1 is 1.00 bits per heavy atom. The summed E-state index contributed by atoms with van der Waals surface area (Å²) < 4.78 is 0. The highest BCUT2D eigenvalue weighted by molar-refractivity contribution is 6.63. The standard InChI is InChI=1S/C15H14ClNO3/c16-13(18)9-5-7-10(8-6-9)17-14(19)11-3-1-2-4-12(11)15(17)20/h1-4,9-10H,5-8H2. The number of carbonyl (C=O) groups is 3. The Morgan fingerprint density at radius 3 is 1.95 bits per heavy atom. The van der Waals surface area contributed by atoms with Crippen molar-refractivity contribution in [3.05, 3.63) is 35.4 Å². The molecule has 1 aliphatic heterocycles. The molecule has 1 aliphatic carbocycles. The first-order chi connectivity index (χ1) is 9.59. The second-order valence-corrected chi connectivity index (χ2v) is 5.71. The number of hydrogen-bond acceptors (Lipinski definition) is 3. The van der Waals surface area contributed by atoms with Crippen LogP contribution in [0.1, 0.15) is 46.4 Å². The maximum absolute atomic E-state index is 12.3. The number of nitrogens with zero attached hydrogens (tertiary/aromatic N) is 1. The van der Waals surface area contributed by atoms with E-state index in [1.54, 1.807) is 24.3 Å². The molecule has 5 heteroatoms. The average Bonchev–Trinajstić information content (AvgIpc) is 2.72. The van der Waals surface area contributed by atoms with E-state index in [1.165, 1.54) is 4.90 Å². The molecule has 2 amide bonds. The Hall–Kier alpha value is -1.68. The minimum Gasteiger partial charge on any atom is -0.281 e. The fraction of sp³-hybridized carbons (Fsp3) is 0.400. The third-order valence-electron chi connectivity index (χ3n) is 4.21. The maximum atomic E-state index is 12.3. The van der Waals surface area contributed by atoms with Gasteiger partial charge in [-0.25, -0.2) is 0 Å². The molecule has 1 saturated carbocycles. The van der Waals surface area contributed by atoms with E-state index >= 15 is 0 Å². The minimum absolute atomic E-state index is 0.116.